The molecule has 0 heterocycles. The van der Waals surface area contributed by atoms with Crippen LogP contribution in [-0.4, -0.2) is 26.8 Å². The fraction of sp³-hybridized carbons (Fsp3) is 0.600. The molecule has 0 radical (unpaired) electrons. The Balaban J connectivity index is 1.96. The van der Waals surface area contributed by atoms with E-state index >= 15 is 0 Å². The number of methoxy groups -OCH3 is 1. The third-order valence-electron chi connectivity index (χ3n) is 3.97. The van der Waals surface area contributed by atoms with Crippen LogP contribution in [-0.2, 0) is 11.2 Å². The number of halogens is 2. The average molecular weight is 286 g/mol. The minimum absolute atomic E-state index is 0.146. The van der Waals surface area contributed by atoms with Crippen LogP contribution in [0.25, 0.3) is 0 Å². The van der Waals surface area contributed by atoms with Crippen LogP contribution < -0.4 is 5.32 Å². The van der Waals surface area contributed by atoms with Gasteiger partial charge in [-0.2, -0.15) is 0 Å². The standard InChI is InChI=1S/C15H21ClFNO/c1-19-8-7-18-11-15(5-2-6-15)10-12-9-13(16)3-4-14(12)17/h3-4,9,18H,2,5-8,10-11H2,1H3. The number of benzene rings is 1. The van der Waals surface area contributed by atoms with E-state index in [1.165, 1.54) is 12.5 Å². The van der Waals surface area contributed by atoms with Gasteiger partial charge in [-0.05, 0) is 48.4 Å². The summed E-state index contributed by atoms with van der Waals surface area (Å²) < 4.78 is 18.8. The second-order valence-electron chi connectivity index (χ2n) is 5.44. The predicted molar refractivity (Wildman–Crippen MR) is 76.1 cm³/mol. The Hall–Kier alpha value is -0.640. The van der Waals surface area contributed by atoms with E-state index in [1.807, 2.05) is 0 Å². The minimum Gasteiger partial charge on any atom is -0.383 e. The quantitative estimate of drug-likeness (QED) is 0.775. The maximum absolute atomic E-state index is 13.8. The van der Waals surface area contributed by atoms with Crippen molar-refractivity contribution in [2.75, 3.05) is 26.8 Å². The first-order valence-electron chi connectivity index (χ1n) is 6.79. The Morgan fingerprint density at radius 1 is 1.42 bits per heavy atom. The molecule has 1 saturated carbocycles. The van der Waals surface area contributed by atoms with Crippen LogP contribution in [0.4, 0.5) is 4.39 Å². The number of hydrogen-bond donors (Lipinski definition) is 1. The van der Waals surface area contributed by atoms with Gasteiger partial charge in [0.1, 0.15) is 5.82 Å². The summed E-state index contributed by atoms with van der Waals surface area (Å²) in [7, 11) is 1.70. The Morgan fingerprint density at radius 2 is 2.21 bits per heavy atom. The summed E-state index contributed by atoms with van der Waals surface area (Å²) in [6.45, 7) is 2.47. The van der Waals surface area contributed by atoms with Crippen molar-refractivity contribution in [2.45, 2.75) is 25.7 Å². The van der Waals surface area contributed by atoms with Crippen molar-refractivity contribution in [2.24, 2.45) is 5.41 Å². The van der Waals surface area contributed by atoms with E-state index in [1.54, 1.807) is 19.2 Å². The van der Waals surface area contributed by atoms with E-state index in [0.717, 1.165) is 37.9 Å². The van der Waals surface area contributed by atoms with E-state index < -0.39 is 0 Å². The summed E-state index contributed by atoms with van der Waals surface area (Å²) in [6, 6.07) is 4.82. The molecule has 1 fully saturated rings. The van der Waals surface area contributed by atoms with Crippen molar-refractivity contribution in [3.63, 3.8) is 0 Å². The Kier molecular flexibility index (Phi) is 5.20. The SMILES string of the molecule is COCCNCC1(Cc2cc(Cl)ccc2F)CCC1. The molecular weight excluding hydrogens is 265 g/mol. The lowest BCUT2D eigenvalue weighted by atomic mass is 9.65. The molecule has 1 aromatic carbocycles. The highest BCUT2D eigenvalue weighted by atomic mass is 35.5. The maximum atomic E-state index is 13.8. The summed E-state index contributed by atoms with van der Waals surface area (Å²) >= 11 is 5.95. The van der Waals surface area contributed by atoms with Gasteiger partial charge < -0.3 is 10.1 Å². The van der Waals surface area contributed by atoms with Crippen molar-refractivity contribution < 1.29 is 9.13 Å². The molecule has 0 atom stereocenters. The molecule has 0 bridgehead atoms. The van der Waals surface area contributed by atoms with Crippen molar-refractivity contribution >= 4 is 11.6 Å². The van der Waals surface area contributed by atoms with Crippen molar-refractivity contribution in [3.8, 4) is 0 Å². The van der Waals surface area contributed by atoms with Gasteiger partial charge in [-0.1, -0.05) is 18.0 Å². The molecule has 1 N–H and O–H groups in total. The molecule has 2 rings (SSSR count). The van der Waals surface area contributed by atoms with Crippen molar-refractivity contribution in [1.29, 1.82) is 0 Å². The summed E-state index contributed by atoms with van der Waals surface area (Å²) in [5.41, 5.74) is 0.931. The molecule has 2 nitrogen and oxygen atoms in total. The maximum Gasteiger partial charge on any atom is 0.126 e. The normalized spacial score (nSPS) is 17.2. The highest BCUT2D eigenvalue weighted by Crippen LogP contribution is 2.43. The molecule has 1 aliphatic carbocycles. The summed E-state index contributed by atoms with van der Waals surface area (Å²) in [6.07, 6.45) is 4.30. The summed E-state index contributed by atoms with van der Waals surface area (Å²) in [4.78, 5) is 0. The molecule has 1 aliphatic rings. The molecule has 0 aliphatic heterocycles. The number of rotatable bonds is 7. The third-order valence-corrected chi connectivity index (χ3v) is 4.21. The van der Waals surface area contributed by atoms with E-state index in [-0.39, 0.29) is 11.2 Å². The second-order valence-corrected chi connectivity index (χ2v) is 5.87. The minimum atomic E-state index is -0.146. The van der Waals surface area contributed by atoms with Crippen molar-refractivity contribution in [3.05, 3.63) is 34.6 Å². The average Bonchev–Trinajstić information content (AvgIpc) is 2.35. The molecule has 0 unspecified atom stereocenters. The van der Waals surface area contributed by atoms with E-state index in [4.69, 9.17) is 16.3 Å². The largest absolute Gasteiger partial charge is 0.383 e. The van der Waals surface area contributed by atoms with Crippen LogP contribution in [0.15, 0.2) is 18.2 Å². The lowest BCUT2D eigenvalue weighted by Crippen LogP contribution is -2.42. The zero-order valence-electron chi connectivity index (χ0n) is 11.3. The lowest BCUT2D eigenvalue weighted by molar-refractivity contribution is 0.122. The topological polar surface area (TPSA) is 21.3 Å². The van der Waals surface area contributed by atoms with E-state index in [0.29, 0.717) is 11.6 Å². The van der Waals surface area contributed by atoms with Gasteiger partial charge in [-0.25, -0.2) is 4.39 Å². The van der Waals surface area contributed by atoms with Crippen molar-refractivity contribution in [1.82, 2.24) is 5.32 Å². The number of hydrogen-bond acceptors (Lipinski definition) is 2. The molecule has 0 spiro atoms. The number of nitrogens with one attached hydrogen (secondary N) is 1. The Labute approximate surface area is 119 Å². The van der Waals surface area contributed by atoms with E-state index in [9.17, 15) is 4.39 Å². The van der Waals surface area contributed by atoms with Crippen LogP contribution in [0.2, 0.25) is 5.02 Å². The number of ether oxygens (including phenoxy) is 1. The van der Waals surface area contributed by atoms with Crippen LogP contribution in [0.1, 0.15) is 24.8 Å². The molecule has 0 aromatic heterocycles. The smallest absolute Gasteiger partial charge is 0.126 e. The van der Waals surface area contributed by atoms with Gasteiger partial charge in [-0.3, -0.25) is 0 Å². The second kappa shape index (κ2) is 6.69. The molecule has 106 valence electrons. The fourth-order valence-electron chi connectivity index (χ4n) is 2.70. The van der Waals surface area contributed by atoms with Crippen LogP contribution in [0, 0.1) is 11.2 Å². The summed E-state index contributed by atoms with van der Waals surface area (Å²) in [5, 5.41) is 4.01. The Morgan fingerprint density at radius 3 is 2.84 bits per heavy atom. The fourth-order valence-corrected chi connectivity index (χ4v) is 2.90. The van der Waals surface area contributed by atoms with Gasteiger partial charge in [0.05, 0.1) is 6.61 Å². The Bertz CT molecular complexity index is 421. The van der Waals surface area contributed by atoms with Gasteiger partial charge in [0.2, 0.25) is 0 Å². The first kappa shape index (κ1) is 14.8. The third kappa shape index (κ3) is 3.91. The van der Waals surface area contributed by atoms with Gasteiger partial charge in [-0.15, -0.1) is 0 Å². The highest BCUT2D eigenvalue weighted by molar-refractivity contribution is 6.30. The molecule has 0 amide bonds. The van der Waals surface area contributed by atoms with Gasteiger partial charge in [0, 0.05) is 25.2 Å². The van der Waals surface area contributed by atoms with Crippen LogP contribution in [0.3, 0.4) is 0 Å². The lowest BCUT2D eigenvalue weighted by Gasteiger charge is -2.42. The van der Waals surface area contributed by atoms with Gasteiger partial charge >= 0.3 is 0 Å². The molecular formula is C15H21ClFNO. The first-order valence-corrected chi connectivity index (χ1v) is 7.17. The monoisotopic (exact) mass is 285 g/mol. The zero-order valence-corrected chi connectivity index (χ0v) is 12.1. The molecule has 19 heavy (non-hydrogen) atoms. The molecule has 0 saturated heterocycles. The molecule has 1 aromatic rings. The highest BCUT2D eigenvalue weighted by Gasteiger charge is 2.37. The molecule has 4 heteroatoms. The summed E-state index contributed by atoms with van der Waals surface area (Å²) in [5.74, 6) is -0.146. The van der Waals surface area contributed by atoms with Gasteiger partial charge in [0.25, 0.3) is 0 Å². The zero-order chi connectivity index (χ0) is 13.7. The van der Waals surface area contributed by atoms with E-state index in [2.05, 4.69) is 5.32 Å². The van der Waals surface area contributed by atoms with Crippen LogP contribution in [0.5, 0.6) is 0 Å². The predicted octanol–water partition coefficient (Wildman–Crippen LogP) is 3.43. The van der Waals surface area contributed by atoms with Crippen LogP contribution >= 0.6 is 11.6 Å². The van der Waals surface area contributed by atoms with Gasteiger partial charge in [0.15, 0.2) is 0 Å². The first-order chi connectivity index (χ1) is 9.15.